The largest absolute Gasteiger partial charge is 0.479 e. The Morgan fingerprint density at radius 3 is 1.18 bits per heavy atom. The molecule has 660 valence electrons. The number of sulfone groups is 2. The zero-order valence-corrected chi connectivity index (χ0v) is 79.1. The summed E-state index contributed by atoms with van der Waals surface area (Å²) in [5, 5.41) is 35.7. The van der Waals surface area contributed by atoms with Gasteiger partial charge in [-0.15, -0.1) is 34.0 Å². The molecule has 0 fully saturated rings. The van der Waals surface area contributed by atoms with Gasteiger partial charge >= 0.3 is 5.97 Å². The third-order valence-electron chi connectivity index (χ3n) is 20.4. The number of carbonyl (C=O) groups is 3. The van der Waals surface area contributed by atoms with Gasteiger partial charge in [-0.2, -0.15) is 4.31 Å². The van der Waals surface area contributed by atoms with Crippen LogP contribution in [-0.4, -0.2) is 202 Å². The van der Waals surface area contributed by atoms with Gasteiger partial charge in [0.15, 0.2) is 19.7 Å². The number of carbonyl (C=O) groups excluding carboxylic acids is 2. The molecule has 4 aromatic carbocycles. The molecule has 3 aliphatic rings. The first-order valence-electron chi connectivity index (χ1n) is 38.9. The number of rotatable bonds is 34. The van der Waals surface area contributed by atoms with Gasteiger partial charge in [0.1, 0.15) is 43.6 Å². The molecule has 7 aromatic rings. The maximum absolute atomic E-state index is 13.6. The summed E-state index contributed by atoms with van der Waals surface area (Å²) in [7, 11) is -25.0. The van der Waals surface area contributed by atoms with Crippen LogP contribution in [0.2, 0.25) is 10.1 Å². The molecule has 6 heterocycles. The number of aliphatic hydroxyl groups excluding tert-OH is 1. The molecule has 0 bridgehead atoms. The molecular formula is C79H115N7O22S9Si2. The zero-order chi connectivity index (χ0) is 88.5. The predicted octanol–water partition coefficient (Wildman–Crippen LogP) is 7.82. The summed E-state index contributed by atoms with van der Waals surface area (Å²) in [6.45, 7) is 26.4. The number of nitrogens with two attached hydrogens (primary N) is 1. The van der Waals surface area contributed by atoms with Crippen molar-refractivity contribution in [3.8, 4) is 0 Å². The molecular weight excluding hydrogens is 1740 g/mol. The summed E-state index contributed by atoms with van der Waals surface area (Å²) < 4.78 is 187. The number of primary sulfonamides is 1. The van der Waals surface area contributed by atoms with Crippen LogP contribution in [0.25, 0.3) is 0 Å². The Morgan fingerprint density at radius 1 is 0.513 bits per heavy atom. The molecule has 0 radical (unpaired) electrons. The van der Waals surface area contributed by atoms with Crippen molar-refractivity contribution in [3.63, 3.8) is 0 Å². The van der Waals surface area contributed by atoms with Crippen LogP contribution >= 0.6 is 34.0 Å². The fraction of sp³-hybridized carbons (Fsp3) is 0.506. The van der Waals surface area contributed by atoms with Crippen molar-refractivity contribution < 1.29 is 98.2 Å². The van der Waals surface area contributed by atoms with E-state index in [1.54, 1.807) is 39.9 Å². The molecule has 3 aliphatic heterocycles. The number of nitrogens with one attached hydrogen (secondary N) is 5. The lowest BCUT2D eigenvalue weighted by molar-refractivity contribution is -0.144. The maximum atomic E-state index is 13.6. The van der Waals surface area contributed by atoms with Gasteiger partial charge < -0.3 is 49.2 Å². The van der Waals surface area contributed by atoms with Crippen LogP contribution in [0.4, 0.5) is 0 Å². The third-order valence-corrected chi connectivity index (χ3v) is 47.1. The molecule has 0 saturated carbocycles. The van der Waals surface area contributed by atoms with E-state index in [2.05, 4.69) is 86.5 Å². The first kappa shape index (κ1) is 100. The second-order valence-electron chi connectivity index (χ2n) is 30.9. The van der Waals surface area contributed by atoms with Gasteiger partial charge in [0.05, 0.1) is 10.5 Å². The Morgan fingerprint density at radius 2 is 0.840 bits per heavy atom. The van der Waals surface area contributed by atoms with Crippen LogP contribution in [0.15, 0.2) is 165 Å². The predicted molar refractivity (Wildman–Crippen MR) is 469 cm³/mol. The molecule has 0 saturated heterocycles. The first-order valence-corrected chi connectivity index (χ1v) is 54.3. The molecule has 3 aromatic heterocycles. The van der Waals surface area contributed by atoms with Crippen molar-refractivity contribution in [1.29, 1.82) is 0 Å². The number of fused-ring (bicyclic) bond motifs is 3. The first-order chi connectivity index (χ1) is 55.7. The highest BCUT2D eigenvalue weighted by Gasteiger charge is 2.54. The summed E-state index contributed by atoms with van der Waals surface area (Å²) in [5.74, 6) is -2.83. The van der Waals surface area contributed by atoms with Gasteiger partial charge in [0.25, 0.3) is 58.5 Å². The molecule has 10 rings (SSSR count). The highest BCUT2D eigenvalue weighted by atomic mass is 32.3. The Labute approximate surface area is 716 Å². The lowest BCUT2D eigenvalue weighted by atomic mass is 10.0. The topological polar surface area (TPSA) is 432 Å². The van der Waals surface area contributed by atoms with E-state index in [1.807, 2.05) is 118 Å². The van der Waals surface area contributed by atoms with E-state index < -0.39 is 128 Å². The van der Waals surface area contributed by atoms with E-state index in [9.17, 15) is 75.1 Å². The van der Waals surface area contributed by atoms with Crippen molar-refractivity contribution in [2.24, 2.45) is 5.14 Å². The van der Waals surface area contributed by atoms with Crippen LogP contribution in [-0.2, 0) is 97.2 Å². The van der Waals surface area contributed by atoms with Crippen molar-refractivity contribution in [3.05, 3.63) is 156 Å². The number of hydrogen-bond acceptors (Lipinski definition) is 27. The summed E-state index contributed by atoms with van der Waals surface area (Å²) in [5.41, 5.74) is 1.30. The second-order valence-corrected chi connectivity index (χ2v) is 55.1. The average Bonchev–Trinajstić information content (AvgIpc) is 1.68. The number of nitrogens with zero attached hydrogens (tertiary/aromatic N) is 1. The molecule has 119 heavy (non-hydrogen) atoms. The van der Waals surface area contributed by atoms with Crippen molar-refractivity contribution in [2.75, 3.05) is 73.9 Å². The molecule has 29 nitrogen and oxygen atoms in total. The van der Waals surface area contributed by atoms with Crippen LogP contribution < -0.4 is 51.3 Å². The number of aliphatic carboxylic acids is 1. The molecule has 40 heteroatoms. The quantitative estimate of drug-likeness (QED) is 0.0141. The van der Waals surface area contributed by atoms with E-state index in [0.717, 1.165) is 27.7 Å². The van der Waals surface area contributed by atoms with Crippen molar-refractivity contribution in [1.82, 2.24) is 29.7 Å². The van der Waals surface area contributed by atoms with Gasteiger partial charge in [-0.3, -0.25) is 9.59 Å². The van der Waals surface area contributed by atoms with E-state index in [-0.39, 0.29) is 55.0 Å². The Balaban J connectivity index is 0.000000229. The summed E-state index contributed by atoms with van der Waals surface area (Å²) in [4.78, 5) is 36.7. The van der Waals surface area contributed by atoms with Gasteiger partial charge in [-0.25, -0.2) is 69.9 Å². The summed E-state index contributed by atoms with van der Waals surface area (Å²) in [6.07, 6.45) is -0.293. The number of thiophene rings is 3. The number of ether oxygens (including phenoxy) is 3. The van der Waals surface area contributed by atoms with Crippen LogP contribution in [0.5, 0.6) is 0 Å². The minimum atomic E-state index is -4.40. The van der Waals surface area contributed by atoms with Crippen molar-refractivity contribution >= 4 is 149 Å². The standard InChI is InChI=1S/C32H44N2O7S3Si.C19H24O3Si.C16H26N2O7S3.C12H21N3O5S3/c1-7-33-28-21-24(15-14-20-40-6)43(36,37)31-27(28)22-29(42-31)44(38,39)34-30(35)23(2)41-45(32(3,4)5,25-16-10-8-11-17-25)26-18-12-9-13-19-26;1-15(18(20)21)22-23(19(2,3)4,16-11-7-5-8-12-16)17-13-9-6-10-14-17;1-4-17-13-8-11(6-5-7-25-3)27(21,22)16-12(13)9-14(26-16)28(23,24)18-15(20)10(2)19;1-3-14-10-8-15(5-4-6-20-2)23(18,19)12-9(10)7-11(21-12)22(13,16)17/h8-13,16-19,22-24,28,33H,7,14-15,20-21H2,1-6H3,(H,34,35);5-15H,1-4H3,(H,20,21);9-11,13,17,19H,4-8H2,1-3H3,(H,18,20);7,10,14H,3-6,8H2,1-2H3,(H2,13,16,17)/t23-,24?,28-;15-;10-,11?,13-;10-/m0000/s1. The smallest absolute Gasteiger partial charge is 0.331 e. The minimum Gasteiger partial charge on any atom is -0.479 e. The molecule has 2 unspecified atom stereocenters. The number of likely N-dealkylation sites (N-methyl/N-ethyl adjacent to an activating group) is 1. The number of aliphatic hydroxyl groups is 1. The monoisotopic (exact) mass is 1860 g/mol. The second kappa shape index (κ2) is 42.6. The molecule has 0 spiro atoms. The molecule has 0 aliphatic carbocycles. The molecule has 9 N–H and O–H groups in total. The molecule has 8 atom stereocenters. The number of carboxylic acid groups (broad SMARTS) is 1. The normalized spacial score (nSPS) is 19.2. The van der Waals surface area contributed by atoms with Gasteiger partial charge in [-0.1, -0.05) is 184 Å². The Bertz CT molecular complexity index is 5170. The van der Waals surface area contributed by atoms with E-state index in [0.29, 0.717) is 142 Å². The fourth-order valence-electron chi connectivity index (χ4n) is 14.6. The number of carboxylic acids is 1. The van der Waals surface area contributed by atoms with E-state index in [1.165, 1.54) is 22.5 Å². The Hall–Kier alpha value is -5.92. The summed E-state index contributed by atoms with van der Waals surface area (Å²) in [6, 6.07) is 42.8. The lowest BCUT2D eigenvalue weighted by Crippen LogP contribution is -2.68. The molecule has 2 amide bonds. The summed E-state index contributed by atoms with van der Waals surface area (Å²) >= 11 is 2.03. The SMILES string of the molecule is CCN[C@H]1CC(CCCOC)S(=O)(=O)c2sc(S(=O)(=O)NC(=O)[C@H](C)O)cc21.CCN[C@H]1CC(CCCOC)S(=O)(=O)c2sc(S(=O)(=O)NC(=O)[C@H](C)O[Si](c3ccccc3)(c3ccccc3)C(C)(C)C)cc21.CCN[C@H]1CN(CCCOC)S(=O)(=O)c2sc(S(N)(=O)=O)cc21.C[C@H](O[Si](c1ccccc1)(c1ccccc1)C(C)(C)C)C(=O)O. The highest BCUT2D eigenvalue weighted by Crippen LogP contribution is 2.47. The fourth-order valence-corrected chi connectivity index (χ4v) is 39.0. The Kier molecular flexibility index (Phi) is 35.9. The van der Waals surface area contributed by atoms with Crippen LogP contribution in [0.1, 0.15) is 163 Å². The lowest BCUT2D eigenvalue weighted by Gasteiger charge is -2.44. The van der Waals surface area contributed by atoms with Crippen molar-refractivity contribution in [2.45, 2.75) is 210 Å². The van der Waals surface area contributed by atoms with Gasteiger partial charge in [0.2, 0.25) is 10.0 Å². The van der Waals surface area contributed by atoms with Gasteiger partial charge in [-0.05, 0) is 134 Å². The number of amides is 2. The zero-order valence-electron chi connectivity index (χ0n) is 69.8. The third kappa shape index (κ3) is 24.0. The number of sulfonamides is 4. The maximum Gasteiger partial charge on any atom is 0.331 e. The van der Waals surface area contributed by atoms with E-state index in [4.69, 9.17) is 28.2 Å². The van der Waals surface area contributed by atoms with E-state index >= 15 is 0 Å². The number of benzene rings is 4. The number of hydrogen-bond donors (Lipinski definition) is 8. The highest BCUT2D eigenvalue weighted by molar-refractivity contribution is 7.96. The van der Waals surface area contributed by atoms with Crippen LogP contribution in [0.3, 0.4) is 0 Å². The minimum absolute atomic E-state index is 0.0111. The number of methoxy groups -OCH3 is 3. The van der Waals surface area contributed by atoms with Gasteiger partial charge in [0, 0.05) is 89.1 Å². The van der Waals surface area contributed by atoms with Crippen LogP contribution in [0, 0.1) is 0 Å². The average molecular weight is 1860 g/mol.